The average Bonchev–Trinajstić information content (AvgIpc) is 1.80. The molecule has 0 aliphatic carbocycles. The molecule has 1 atom stereocenters. The van der Waals surface area contributed by atoms with Crippen molar-refractivity contribution in [1.29, 1.82) is 0 Å². The maximum Gasteiger partial charge on any atom is 0.0282 e. The van der Waals surface area contributed by atoms with Gasteiger partial charge in [-0.25, -0.2) is 10.0 Å². The molecule has 1 aliphatic rings. The van der Waals surface area contributed by atoms with Gasteiger partial charge in [0.15, 0.2) is 0 Å². The molecule has 0 amide bonds. The van der Waals surface area contributed by atoms with E-state index in [1.54, 1.807) is 0 Å². The second kappa shape index (κ2) is 2.64. The number of rotatable bonds is 0. The van der Waals surface area contributed by atoms with Crippen LogP contribution in [0.2, 0.25) is 0 Å². The van der Waals surface area contributed by atoms with Gasteiger partial charge in [-0.05, 0) is 6.42 Å². The van der Waals surface area contributed by atoms with Gasteiger partial charge >= 0.3 is 0 Å². The van der Waals surface area contributed by atoms with Gasteiger partial charge in [-0.1, -0.05) is 0 Å². The summed E-state index contributed by atoms with van der Waals surface area (Å²) in [5.74, 6) is 0. The molecule has 1 saturated heterocycles. The molecule has 1 aliphatic heterocycles. The third-order valence-corrected chi connectivity index (χ3v) is 1.91. The van der Waals surface area contributed by atoms with Crippen LogP contribution in [0.25, 0.3) is 0 Å². The Labute approximate surface area is 56.4 Å². The standard InChI is InChI=1S/C6H15N3/c1-8-4-3-6(7)5-9(8)2/h6H,3-5,7H2,1-2H3. The Bertz CT molecular complexity index is 94.3. The van der Waals surface area contributed by atoms with Crippen LogP contribution in [0.4, 0.5) is 0 Å². The first-order valence-corrected chi connectivity index (χ1v) is 3.38. The van der Waals surface area contributed by atoms with Gasteiger partial charge < -0.3 is 5.73 Å². The Hall–Kier alpha value is -0.120. The van der Waals surface area contributed by atoms with Gasteiger partial charge in [0.2, 0.25) is 0 Å². The zero-order valence-electron chi connectivity index (χ0n) is 6.17. The highest BCUT2D eigenvalue weighted by Crippen LogP contribution is 2.03. The van der Waals surface area contributed by atoms with Gasteiger partial charge in [-0.15, -0.1) is 0 Å². The summed E-state index contributed by atoms with van der Waals surface area (Å²) >= 11 is 0. The van der Waals surface area contributed by atoms with E-state index in [0.717, 1.165) is 19.5 Å². The van der Waals surface area contributed by atoms with Crippen LogP contribution in [0, 0.1) is 0 Å². The van der Waals surface area contributed by atoms with E-state index in [-0.39, 0.29) is 0 Å². The Morgan fingerprint density at radius 1 is 1.33 bits per heavy atom. The molecule has 0 bridgehead atoms. The fourth-order valence-electron chi connectivity index (χ4n) is 1.09. The van der Waals surface area contributed by atoms with Crippen LogP contribution >= 0.6 is 0 Å². The van der Waals surface area contributed by atoms with E-state index < -0.39 is 0 Å². The summed E-state index contributed by atoms with van der Waals surface area (Å²) in [6, 6.07) is 0.381. The average molecular weight is 129 g/mol. The number of hydrazine groups is 1. The highest BCUT2D eigenvalue weighted by Gasteiger charge is 2.16. The summed E-state index contributed by atoms with van der Waals surface area (Å²) < 4.78 is 0. The molecule has 0 aromatic rings. The highest BCUT2D eigenvalue weighted by atomic mass is 15.6. The van der Waals surface area contributed by atoms with E-state index in [2.05, 4.69) is 24.1 Å². The molecular formula is C6H15N3. The predicted octanol–water partition coefficient (Wildman–Crippen LogP) is -0.504. The zero-order valence-corrected chi connectivity index (χ0v) is 6.17. The van der Waals surface area contributed by atoms with Gasteiger partial charge in [0.25, 0.3) is 0 Å². The van der Waals surface area contributed by atoms with E-state index in [9.17, 15) is 0 Å². The van der Waals surface area contributed by atoms with Crippen LogP contribution in [-0.4, -0.2) is 43.2 Å². The molecule has 1 heterocycles. The van der Waals surface area contributed by atoms with Crippen molar-refractivity contribution in [2.45, 2.75) is 12.5 Å². The van der Waals surface area contributed by atoms with Crippen molar-refractivity contribution in [2.75, 3.05) is 27.2 Å². The van der Waals surface area contributed by atoms with Gasteiger partial charge in [0, 0.05) is 33.2 Å². The van der Waals surface area contributed by atoms with E-state index in [1.165, 1.54) is 0 Å². The lowest BCUT2D eigenvalue weighted by Crippen LogP contribution is -2.50. The maximum atomic E-state index is 5.72. The SMILES string of the molecule is CN1CCC(N)CN1C. The summed E-state index contributed by atoms with van der Waals surface area (Å²) in [5, 5.41) is 4.36. The van der Waals surface area contributed by atoms with Crippen LogP contribution < -0.4 is 5.73 Å². The maximum absolute atomic E-state index is 5.72. The summed E-state index contributed by atoms with van der Waals surface area (Å²) in [5.41, 5.74) is 5.72. The summed E-state index contributed by atoms with van der Waals surface area (Å²) in [4.78, 5) is 0. The molecule has 2 N–H and O–H groups in total. The molecule has 54 valence electrons. The lowest BCUT2D eigenvalue weighted by molar-refractivity contribution is -0.00929. The summed E-state index contributed by atoms with van der Waals surface area (Å²) in [6.07, 6.45) is 1.13. The van der Waals surface area contributed by atoms with E-state index in [1.807, 2.05) is 0 Å². The van der Waals surface area contributed by atoms with Crippen molar-refractivity contribution in [3.8, 4) is 0 Å². The molecule has 9 heavy (non-hydrogen) atoms. The minimum absolute atomic E-state index is 0.381. The molecule has 1 fully saturated rings. The molecule has 3 heteroatoms. The second-order valence-electron chi connectivity index (χ2n) is 2.77. The van der Waals surface area contributed by atoms with Crippen LogP contribution in [-0.2, 0) is 0 Å². The Kier molecular flexibility index (Phi) is 2.05. The first-order chi connectivity index (χ1) is 4.20. The monoisotopic (exact) mass is 129 g/mol. The lowest BCUT2D eigenvalue weighted by Gasteiger charge is -2.35. The van der Waals surface area contributed by atoms with E-state index >= 15 is 0 Å². The van der Waals surface area contributed by atoms with Crippen molar-refractivity contribution < 1.29 is 0 Å². The van der Waals surface area contributed by atoms with Crippen molar-refractivity contribution in [3.05, 3.63) is 0 Å². The van der Waals surface area contributed by atoms with Crippen molar-refractivity contribution in [1.82, 2.24) is 10.0 Å². The second-order valence-corrected chi connectivity index (χ2v) is 2.77. The minimum atomic E-state index is 0.381. The Balaban J connectivity index is 2.35. The molecule has 0 aromatic heterocycles. The zero-order chi connectivity index (χ0) is 6.85. The lowest BCUT2D eigenvalue weighted by atomic mass is 10.2. The largest absolute Gasteiger partial charge is 0.326 e. The quantitative estimate of drug-likeness (QED) is 0.478. The molecule has 3 nitrogen and oxygen atoms in total. The molecule has 0 saturated carbocycles. The van der Waals surface area contributed by atoms with Crippen LogP contribution in [0.1, 0.15) is 6.42 Å². The Morgan fingerprint density at radius 3 is 2.44 bits per heavy atom. The highest BCUT2D eigenvalue weighted by molar-refractivity contribution is 4.70. The number of likely N-dealkylation sites (N-methyl/N-ethyl adjacent to an activating group) is 1. The Morgan fingerprint density at radius 2 is 2.00 bits per heavy atom. The molecule has 1 rings (SSSR count). The van der Waals surface area contributed by atoms with Crippen LogP contribution in [0.15, 0.2) is 0 Å². The van der Waals surface area contributed by atoms with Crippen LogP contribution in [0.5, 0.6) is 0 Å². The number of hydrogen-bond donors (Lipinski definition) is 1. The van der Waals surface area contributed by atoms with E-state index in [4.69, 9.17) is 5.73 Å². The van der Waals surface area contributed by atoms with Gasteiger partial charge in [-0.3, -0.25) is 0 Å². The predicted molar refractivity (Wildman–Crippen MR) is 37.9 cm³/mol. The summed E-state index contributed by atoms with van der Waals surface area (Å²) in [6.45, 7) is 2.09. The first-order valence-electron chi connectivity index (χ1n) is 3.38. The number of hydrogen-bond acceptors (Lipinski definition) is 3. The fraction of sp³-hybridized carbons (Fsp3) is 1.00. The van der Waals surface area contributed by atoms with Crippen molar-refractivity contribution >= 4 is 0 Å². The number of nitrogens with zero attached hydrogens (tertiary/aromatic N) is 2. The molecule has 0 radical (unpaired) electrons. The first kappa shape index (κ1) is 6.99. The summed E-state index contributed by atoms with van der Waals surface area (Å²) in [7, 11) is 4.16. The molecule has 0 spiro atoms. The van der Waals surface area contributed by atoms with Gasteiger partial charge in [0.05, 0.1) is 0 Å². The molecule has 0 aromatic carbocycles. The number of nitrogens with two attached hydrogens (primary N) is 1. The van der Waals surface area contributed by atoms with Crippen LogP contribution in [0.3, 0.4) is 0 Å². The normalized spacial score (nSPS) is 33.0. The topological polar surface area (TPSA) is 32.5 Å². The van der Waals surface area contributed by atoms with Crippen molar-refractivity contribution in [3.63, 3.8) is 0 Å². The fourth-order valence-corrected chi connectivity index (χ4v) is 1.09. The van der Waals surface area contributed by atoms with Gasteiger partial charge in [0.1, 0.15) is 0 Å². The third kappa shape index (κ3) is 1.64. The minimum Gasteiger partial charge on any atom is -0.326 e. The molecular weight excluding hydrogens is 114 g/mol. The van der Waals surface area contributed by atoms with Gasteiger partial charge in [-0.2, -0.15) is 0 Å². The third-order valence-electron chi connectivity index (χ3n) is 1.91. The van der Waals surface area contributed by atoms with Crippen molar-refractivity contribution in [2.24, 2.45) is 5.73 Å². The smallest absolute Gasteiger partial charge is 0.0282 e. The molecule has 1 unspecified atom stereocenters. The van der Waals surface area contributed by atoms with E-state index in [0.29, 0.717) is 6.04 Å².